The van der Waals surface area contributed by atoms with Crippen molar-refractivity contribution in [3.05, 3.63) is 0 Å². The molecule has 24 heavy (non-hydrogen) atoms. The highest BCUT2D eigenvalue weighted by atomic mass is 16.7. The van der Waals surface area contributed by atoms with E-state index in [2.05, 4.69) is 0 Å². The fourth-order valence-corrected chi connectivity index (χ4v) is 2.66. The number of rotatable bonds is 7. The standard InChI is InChI=1S/C17H29NO6/c1-9(2)15(21)23-17(10(3)4)24-16(22)13(18)11-5-7-12(8-6-11)14(19)20/h9-13,17H,5-8,18H2,1-4H3,(H,19,20). The van der Waals surface area contributed by atoms with Gasteiger partial charge in [0.15, 0.2) is 0 Å². The second-order valence-electron chi connectivity index (χ2n) is 7.12. The van der Waals surface area contributed by atoms with E-state index >= 15 is 0 Å². The lowest BCUT2D eigenvalue weighted by atomic mass is 9.79. The first-order chi connectivity index (χ1) is 11.1. The number of carboxylic acid groups (broad SMARTS) is 1. The van der Waals surface area contributed by atoms with E-state index in [1.807, 2.05) is 0 Å². The van der Waals surface area contributed by atoms with Crippen LogP contribution in [0, 0.1) is 23.7 Å². The van der Waals surface area contributed by atoms with Gasteiger partial charge in [0.1, 0.15) is 6.04 Å². The largest absolute Gasteiger partial charge is 0.481 e. The molecule has 2 atom stereocenters. The number of carboxylic acids is 1. The molecule has 1 saturated carbocycles. The maximum atomic E-state index is 12.3. The van der Waals surface area contributed by atoms with Crippen molar-refractivity contribution in [1.82, 2.24) is 0 Å². The van der Waals surface area contributed by atoms with E-state index in [0.717, 1.165) is 0 Å². The number of carbonyl (C=O) groups is 3. The number of ether oxygens (including phenoxy) is 2. The molecular formula is C17H29NO6. The fourth-order valence-electron chi connectivity index (χ4n) is 2.66. The third kappa shape index (κ3) is 5.78. The van der Waals surface area contributed by atoms with Crippen LogP contribution in [0.1, 0.15) is 53.4 Å². The van der Waals surface area contributed by atoms with Crippen molar-refractivity contribution in [1.29, 1.82) is 0 Å². The SMILES string of the molecule is CC(C)C(=O)OC(OC(=O)C(N)C1CCC(C(=O)O)CC1)C(C)C. The topological polar surface area (TPSA) is 116 Å². The van der Waals surface area contributed by atoms with Gasteiger partial charge in [-0.15, -0.1) is 0 Å². The van der Waals surface area contributed by atoms with Crippen LogP contribution in [0.15, 0.2) is 0 Å². The molecule has 0 heterocycles. The highest BCUT2D eigenvalue weighted by Crippen LogP contribution is 2.31. The normalized spacial score (nSPS) is 23.6. The molecular weight excluding hydrogens is 314 g/mol. The molecule has 7 nitrogen and oxygen atoms in total. The minimum absolute atomic E-state index is 0.110. The third-order valence-electron chi connectivity index (χ3n) is 4.38. The van der Waals surface area contributed by atoms with Crippen LogP contribution in [0.2, 0.25) is 0 Å². The van der Waals surface area contributed by atoms with Gasteiger partial charge in [0.25, 0.3) is 0 Å². The quantitative estimate of drug-likeness (QED) is 0.536. The maximum absolute atomic E-state index is 12.3. The lowest BCUT2D eigenvalue weighted by Gasteiger charge is -2.30. The molecule has 1 aliphatic carbocycles. The molecule has 1 rings (SSSR count). The van der Waals surface area contributed by atoms with Gasteiger partial charge in [-0.1, -0.05) is 27.7 Å². The lowest BCUT2D eigenvalue weighted by Crippen LogP contribution is -2.44. The van der Waals surface area contributed by atoms with E-state index in [1.165, 1.54) is 0 Å². The number of hydrogen-bond acceptors (Lipinski definition) is 6. The van der Waals surface area contributed by atoms with Crippen molar-refractivity contribution in [2.45, 2.75) is 65.7 Å². The van der Waals surface area contributed by atoms with Gasteiger partial charge in [-0.25, -0.2) is 0 Å². The molecule has 1 fully saturated rings. The molecule has 2 unspecified atom stereocenters. The van der Waals surface area contributed by atoms with Crippen LogP contribution >= 0.6 is 0 Å². The molecule has 0 amide bonds. The van der Waals surface area contributed by atoms with Crippen molar-refractivity contribution >= 4 is 17.9 Å². The fraction of sp³-hybridized carbons (Fsp3) is 0.824. The zero-order valence-corrected chi connectivity index (χ0v) is 14.9. The molecule has 0 aromatic heterocycles. The van der Waals surface area contributed by atoms with Crippen molar-refractivity contribution in [3.63, 3.8) is 0 Å². The number of nitrogens with two attached hydrogens (primary N) is 1. The van der Waals surface area contributed by atoms with Crippen LogP contribution < -0.4 is 5.73 Å². The average molecular weight is 343 g/mol. The molecule has 0 aliphatic heterocycles. The molecule has 0 radical (unpaired) electrons. The molecule has 138 valence electrons. The Morgan fingerprint density at radius 2 is 1.46 bits per heavy atom. The monoisotopic (exact) mass is 343 g/mol. The number of hydrogen-bond donors (Lipinski definition) is 2. The predicted octanol–water partition coefficient (Wildman–Crippen LogP) is 1.93. The highest BCUT2D eigenvalue weighted by molar-refractivity contribution is 5.77. The molecule has 0 spiro atoms. The summed E-state index contributed by atoms with van der Waals surface area (Å²) in [5, 5.41) is 9.01. The summed E-state index contributed by atoms with van der Waals surface area (Å²) in [6.07, 6.45) is 1.21. The van der Waals surface area contributed by atoms with E-state index in [4.69, 9.17) is 20.3 Å². The van der Waals surface area contributed by atoms with Gasteiger partial charge in [-0.3, -0.25) is 14.4 Å². The van der Waals surface area contributed by atoms with Gasteiger partial charge in [0, 0.05) is 5.92 Å². The Balaban J connectivity index is 2.58. The van der Waals surface area contributed by atoms with Crippen LogP contribution in [-0.2, 0) is 23.9 Å². The minimum Gasteiger partial charge on any atom is -0.481 e. The molecule has 1 aliphatic rings. The third-order valence-corrected chi connectivity index (χ3v) is 4.38. The van der Waals surface area contributed by atoms with Crippen LogP contribution in [0.25, 0.3) is 0 Å². The summed E-state index contributed by atoms with van der Waals surface area (Å²) in [5.41, 5.74) is 5.99. The number of esters is 2. The summed E-state index contributed by atoms with van der Waals surface area (Å²) < 4.78 is 10.5. The second-order valence-corrected chi connectivity index (χ2v) is 7.12. The van der Waals surface area contributed by atoms with E-state index < -0.39 is 30.2 Å². The summed E-state index contributed by atoms with van der Waals surface area (Å²) in [6, 6.07) is -0.834. The van der Waals surface area contributed by atoms with Crippen LogP contribution in [0.4, 0.5) is 0 Å². The van der Waals surface area contributed by atoms with Gasteiger partial charge in [-0.2, -0.15) is 0 Å². The van der Waals surface area contributed by atoms with E-state index in [-0.39, 0.29) is 23.7 Å². The minimum atomic E-state index is -0.964. The highest BCUT2D eigenvalue weighted by Gasteiger charge is 2.34. The predicted molar refractivity (Wildman–Crippen MR) is 86.7 cm³/mol. The van der Waals surface area contributed by atoms with Gasteiger partial charge in [0.05, 0.1) is 11.8 Å². The zero-order chi connectivity index (χ0) is 18.4. The van der Waals surface area contributed by atoms with Crippen molar-refractivity contribution in [2.75, 3.05) is 0 Å². The van der Waals surface area contributed by atoms with Crippen molar-refractivity contribution in [3.8, 4) is 0 Å². The summed E-state index contributed by atoms with van der Waals surface area (Å²) in [7, 11) is 0. The summed E-state index contributed by atoms with van der Waals surface area (Å²) in [5.74, 6) is -2.82. The Labute approximate surface area is 142 Å². The van der Waals surface area contributed by atoms with Gasteiger partial charge in [0.2, 0.25) is 6.29 Å². The first-order valence-corrected chi connectivity index (χ1v) is 8.52. The molecule has 7 heteroatoms. The lowest BCUT2D eigenvalue weighted by molar-refractivity contribution is -0.199. The van der Waals surface area contributed by atoms with Gasteiger partial charge in [-0.05, 0) is 31.6 Å². The van der Waals surface area contributed by atoms with Crippen LogP contribution in [0.5, 0.6) is 0 Å². The zero-order valence-electron chi connectivity index (χ0n) is 14.9. The van der Waals surface area contributed by atoms with Crippen molar-refractivity contribution in [2.24, 2.45) is 29.4 Å². The van der Waals surface area contributed by atoms with E-state index in [1.54, 1.807) is 27.7 Å². The molecule has 3 N–H and O–H groups in total. The Kier molecular flexibility index (Phi) is 7.66. The Hall–Kier alpha value is -1.63. The molecule has 0 saturated heterocycles. The first kappa shape index (κ1) is 20.4. The Bertz CT molecular complexity index is 454. The summed E-state index contributed by atoms with van der Waals surface area (Å²) in [6.45, 7) is 6.98. The number of carbonyl (C=O) groups excluding carboxylic acids is 2. The average Bonchev–Trinajstić information content (AvgIpc) is 2.53. The Morgan fingerprint density at radius 1 is 0.958 bits per heavy atom. The molecule has 0 aromatic rings. The van der Waals surface area contributed by atoms with Crippen LogP contribution in [0.3, 0.4) is 0 Å². The first-order valence-electron chi connectivity index (χ1n) is 8.52. The summed E-state index contributed by atoms with van der Waals surface area (Å²) in [4.78, 5) is 35.0. The second kappa shape index (κ2) is 9.01. The molecule has 0 bridgehead atoms. The van der Waals surface area contributed by atoms with Crippen molar-refractivity contribution < 1.29 is 29.0 Å². The van der Waals surface area contributed by atoms with Crippen LogP contribution in [-0.4, -0.2) is 35.3 Å². The van der Waals surface area contributed by atoms with Gasteiger partial charge < -0.3 is 20.3 Å². The number of aliphatic carboxylic acids is 1. The summed E-state index contributed by atoms with van der Waals surface area (Å²) >= 11 is 0. The maximum Gasteiger partial charge on any atom is 0.326 e. The Morgan fingerprint density at radius 3 is 1.88 bits per heavy atom. The smallest absolute Gasteiger partial charge is 0.326 e. The molecule has 0 aromatic carbocycles. The van der Waals surface area contributed by atoms with Gasteiger partial charge >= 0.3 is 17.9 Å². The van der Waals surface area contributed by atoms with E-state index in [0.29, 0.717) is 25.7 Å². The van der Waals surface area contributed by atoms with E-state index in [9.17, 15) is 14.4 Å².